The van der Waals surface area contributed by atoms with E-state index in [0.29, 0.717) is 12.5 Å². The molecule has 0 aliphatic rings. The highest BCUT2D eigenvalue weighted by molar-refractivity contribution is 5.68. The average Bonchev–Trinajstić information content (AvgIpc) is 2.30. The van der Waals surface area contributed by atoms with E-state index >= 15 is 0 Å². The Bertz CT molecular complexity index is 396. The summed E-state index contributed by atoms with van der Waals surface area (Å²) in [6.07, 6.45) is 7.66. The van der Waals surface area contributed by atoms with Crippen LogP contribution in [0.4, 0.5) is 4.79 Å². The molecule has 1 amide bonds. The number of allylic oxidation sites excluding steroid dienone is 4. The zero-order valence-electron chi connectivity index (χ0n) is 13.9. The Morgan fingerprint density at radius 3 is 2.35 bits per heavy atom. The van der Waals surface area contributed by atoms with Crippen molar-refractivity contribution in [2.24, 2.45) is 5.92 Å². The second-order valence-corrected chi connectivity index (χ2v) is 6.17. The number of hydrogen-bond acceptors (Lipinski definition) is 2. The molecule has 0 bridgehead atoms. The second-order valence-electron chi connectivity index (χ2n) is 6.17. The van der Waals surface area contributed by atoms with Crippen LogP contribution >= 0.6 is 0 Å². The quantitative estimate of drug-likeness (QED) is 0.746. The van der Waals surface area contributed by atoms with Gasteiger partial charge < -0.3 is 10.1 Å². The maximum atomic E-state index is 11.7. The first-order valence-electron chi connectivity index (χ1n) is 7.12. The summed E-state index contributed by atoms with van der Waals surface area (Å²) in [5, 5.41) is 2.78. The van der Waals surface area contributed by atoms with Gasteiger partial charge in [0.15, 0.2) is 0 Å². The molecular weight excluding hydrogens is 250 g/mol. The SMILES string of the molecule is C/C=C/C=C(\C=C(/C)C(C)C)CNC(=O)OC(C)(C)C. The van der Waals surface area contributed by atoms with Gasteiger partial charge in [0.05, 0.1) is 0 Å². The van der Waals surface area contributed by atoms with Crippen molar-refractivity contribution >= 4 is 6.09 Å². The standard InChI is InChI=1S/C17H29NO2/c1-8-9-10-15(11-14(4)13(2)3)12-18-16(19)20-17(5,6)7/h8-11,13H,12H2,1-7H3,(H,18,19)/b9-8+,14-11+,15-10+. The van der Waals surface area contributed by atoms with Crippen LogP contribution in [-0.2, 0) is 4.74 Å². The van der Waals surface area contributed by atoms with Gasteiger partial charge in [0.1, 0.15) is 5.60 Å². The molecule has 0 atom stereocenters. The van der Waals surface area contributed by atoms with Gasteiger partial charge in [-0.3, -0.25) is 0 Å². The lowest BCUT2D eigenvalue weighted by Gasteiger charge is -2.20. The maximum Gasteiger partial charge on any atom is 0.407 e. The molecule has 1 N–H and O–H groups in total. The molecule has 0 heterocycles. The van der Waals surface area contributed by atoms with Crippen molar-refractivity contribution in [3.8, 4) is 0 Å². The number of nitrogens with one attached hydrogen (secondary N) is 1. The van der Waals surface area contributed by atoms with Crippen molar-refractivity contribution in [1.29, 1.82) is 0 Å². The predicted octanol–water partition coefficient (Wildman–Crippen LogP) is 4.62. The van der Waals surface area contributed by atoms with E-state index in [1.54, 1.807) is 0 Å². The number of hydrogen-bond donors (Lipinski definition) is 1. The van der Waals surface area contributed by atoms with E-state index in [1.165, 1.54) is 5.57 Å². The summed E-state index contributed by atoms with van der Waals surface area (Å²) in [5.74, 6) is 0.491. The zero-order chi connectivity index (χ0) is 15.8. The van der Waals surface area contributed by atoms with Crippen LogP contribution in [0.15, 0.2) is 35.5 Å². The molecule has 0 aromatic carbocycles. The minimum Gasteiger partial charge on any atom is -0.444 e. The van der Waals surface area contributed by atoms with Crippen molar-refractivity contribution in [1.82, 2.24) is 5.32 Å². The monoisotopic (exact) mass is 279 g/mol. The molecule has 0 aliphatic carbocycles. The number of amides is 1. The fourth-order valence-electron chi connectivity index (χ4n) is 1.33. The molecule has 0 rings (SSSR count). The van der Waals surface area contributed by atoms with Crippen molar-refractivity contribution in [2.75, 3.05) is 6.54 Å². The normalized spacial score (nSPS) is 14.0. The summed E-state index contributed by atoms with van der Waals surface area (Å²) in [6.45, 7) is 14.4. The molecular formula is C17H29NO2. The summed E-state index contributed by atoms with van der Waals surface area (Å²) in [7, 11) is 0. The number of rotatable bonds is 5. The molecule has 0 aromatic rings. The minimum atomic E-state index is -0.471. The van der Waals surface area contributed by atoms with E-state index in [2.05, 4.69) is 32.2 Å². The van der Waals surface area contributed by atoms with E-state index in [1.807, 2.05) is 45.9 Å². The molecule has 0 saturated heterocycles. The minimum absolute atomic E-state index is 0.389. The number of carbonyl (C=O) groups is 1. The van der Waals surface area contributed by atoms with Crippen LogP contribution in [0.5, 0.6) is 0 Å². The number of alkyl carbamates (subject to hydrolysis) is 1. The fourth-order valence-corrected chi connectivity index (χ4v) is 1.33. The molecule has 3 heteroatoms. The topological polar surface area (TPSA) is 38.3 Å². The Morgan fingerprint density at radius 1 is 1.30 bits per heavy atom. The van der Waals surface area contributed by atoms with Gasteiger partial charge in [-0.1, -0.05) is 43.7 Å². The van der Waals surface area contributed by atoms with Crippen molar-refractivity contribution in [2.45, 2.75) is 54.1 Å². The first kappa shape index (κ1) is 18.5. The van der Waals surface area contributed by atoms with Crippen LogP contribution < -0.4 is 5.32 Å². The van der Waals surface area contributed by atoms with Crippen molar-refractivity contribution < 1.29 is 9.53 Å². The Labute approximate surface area is 123 Å². The summed E-state index contributed by atoms with van der Waals surface area (Å²) in [4.78, 5) is 11.7. The molecule has 3 nitrogen and oxygen atoms in total. The second kappa shape index (κ2) is 8.62. The molecule has 0 saturated carbocycles. The Hall–Kier alpha value is -1.51. The highest BCUT2D eigenvalue weighted by atomic mass is 16.6. The van der Waals surface area contributed by atoms with Crippen LogP contribution in [0.25, 0.3) is 0 Å². The third-order valence-corrected chi connectivity index (χ3v) is 2.66. The molecule has 114 valence electrons. The molecule has 0 radical (unpaired) electrons. The lowest BCUT2D eigenvalue weighted by atomic mass is 10.0. The molecule has 0 fully saturated rings. The first-order chi connectivity index (χ1) is 9.15. The highest BCUT2D eigenvalue weighted by Gasteiger charge is 2.15. The third-order valence-electron chi connectivity index (χ3n) is 2.66. The smallest absolute Gasteiger partial charge is 0.407 e. The summed E-state index contributed by atoms with van der Waals surface area (Å²) in [5.41, 5.74) is 1.87. The van der Waals surface area contributed by atoms with Crippen molar-refractivity contribution in [3.05, 3.63) is 35.5 Å². The van der Waals surface area contributed by atoms with E-state index in [-0.39, 0.29) is 6.09 Å². The molecule has 0 aromatic heterocycles. The van der Waals surface area contributed by atoms with E-state index in [0.717, 1.165) is 5.57 Å². The first-order valence-corrected chi connectivity index (χ1v) is 7.12. The van der Waals surface area contributed by atoms with Crippen LogP contribution in [0.2, 0.25) is 0 Å². The fraction of sp³-hybridized carbons (Fsp3) is 0.588. The van der Waals surface area contributed by atoms with E-state index in [4.69, 9.17) is 4.74 Å². The molecule has 0 spiro atoms. The van der Waals surface area contributed by atoms with Crippen LogP contribution in [0, 0.1) is 5.92 Å². The number of ether oxygens (including phenoxy) is 1. The maximum absolute atomic E-state index is 11.7. The molecule has 0 unspecified atom stereocenters. The van der Waals surface area contributed by atoms with Gasteiger partial charge in [0.2, 0.25) is 0 Å². The largest absolute Gasteiger partial charge is 0.444 e. The molecule has 20 heavy (non-hydrogen) atoms. The number of carbonyl (C=O) groups excluding carboxylic acids is 1. The van der Waals surface area contributed by atoms with Gasteiger partial charge in [-0.2, -0.15) is 0 Å². The van der Waals surface area contributed by atoms with E-state index in [9.17, 15) is 4.79 Å². The average molecular weight is 279 g/mol. The lowest BCUT2D eigenvalue weighted by Crippen LogP contribution is -2.33. The Balaban J connectivity index is 4.70. The van der Waals surface area contributed by atoms with Gasteiger partial charge in [-0.25, -0.2) is 4.79 Å². The van der Waals surface area contributed by atoms with E-state index < -0.39 is 5.60 Å². The zero-order valence-corrected chi connectivity index (χ0v) is 13.9. The third kappa shape index (κ3) is 9.42. The van der Waals surface area contributed by atoms with Gasteiger partial charge in [-0.15, -0.1) is 0 Å². The van der Waals surface area contributed by atoms with Crippen LogP contribution in [0.3, 0.4) is 0 Å². The van der Waals surface area contributed by atoms with Crippen LogP contribution in [-0.4, -0.2) is 18.2 Å². The summed E-state index contributed by atoms with van der Waals surface area (Å²) < 4.78 is 5.23. The predicted molar refractivity (Wildman–Crippen MR) is 85.7 cm³/mol. The van der Waals surface area contributed by atoms with Gasteiger partial charge in [0.25, 0.3) is 0 Å². The summed E-state index contributed by atoms with van der Waals surface area (Å²) in [6, 6.07) is 0. The summed E-state index contributed by atoms with van der Waals surface area (Å²) >= 11 is 0. The van der Waals surface area contributed by atoms with Gasteiger partial charge in [0, 0.05) is 6.54 Å². The highest BCUT2D eigenvalue weighted by Crippen LogP contribution is 2.12. The van der Waals surface area contributed by atoms with Crippen LogP contribution in [0.1, 0.15) is 48.5 Å². The van der Waals surface area contributed by atoms with Gasteiger partial charge in [-0.05, 0) is 46.1 Å². The molecule has 0 aliphatic heterocycles. The Kier molecular flexibility index (Phi) is 7.97. The van der Waals surface area contributed by atoms with Crippen molar-refractivity contribution in [3.63, 3.8) is 0 Å². The Morgan fingerprint density at radius 2 is 1.90 bits per heavy atom. The van der Waals surface area contributed by atoms with Gasteiger partial charge >= 0.3 is 6.09 Å². The lowest BCUT2D eigenvalue weighted by molar-refractivity contribution is 0.0533.